The maximum atomic E-state index is 12.9. The van der Waals surface area contributed by atoms with Gasteiger partial charge in [0.15, 0.2) is 10.9 Å². The normalized spacial score (nSPS) is 11.5. The summed E-state index contributed by atoms with van der Waals surface area (Å²) in [4.78, 5) is 12.9. The van der Waals surface area contributed by atoms with Gasteiger partial charge in [-0.3, -0.25) is 10.2 Å². The molecule has 4 aromatic rings. The summed E-state index contributed by atoms with van der Waals surface area (Å²) >= 11 is 1.34. The number of hydrazine groups is 1. The summed E-state index contributed by atoms with van der Waals surface area (Å²) in [6, 6.07) is 7.75. The fraction of sp³-hybridized carbons (Fsp3) is 0.250. The van der Waals surface area contributed by atoms with Crippen molar-refractivity contribution in [2.45, 2.75) is 24.3 Å². The van der Waals surface area contributed by atoms with Gasteiger partial charge in [-0.25, -0.2) is 4.63 Å². The fourth-order valence-electron chi connectivity index (χ4n) is 2.95. The molecule has 0 saturated heterocycles. The average Bonchev–Trinajstić information content (AvgIpc) is 3.59. The van der Waals surface area contributed by atoms with Gasteiger partial charge in [0.1, 0.15) is 12.1 Å². The number of rotatable bonds is 10. The van der Waals surface area contributed by atoms with Crippen LogP contribution in [0.4, 0.5) is 5.82 Å². The highest BCUT2D eigenvalue weighted by Crippen LogP contribution is 2.24. The Morgan fingerprint density at radius 3 is 2.69 bits per heavy atom. The number of carbonyl (C=O) groups excluding carboxylic acids is 1. The van der Waals surface area contributed by atoms with Gasteiger partial charge in [-0.05, 0) is 41.4 Å². The summed E-state index contributed by atoms with van der Waals surface area (Å²) in [5.74, 6) is 0.734. The molecule has 0 aliphatic rings. The molecule has 35 heavy (non-hydrogen) atoms. The molecule has 0 atom stereocenters. The van der Waals surface area contributed by atoms with Crippen molar-refractivity contribution in [1.82, 2.24) is 50.9 Å². The second kappa shape index (κ2) is 10.7. The Bertz CT molecular complexity index is 1330. The summed E-state index contributed by atoms with van der Waals surface area (Å²) in [7, 11) is 3.44. The summed E-state index contributed by atoms with van der Waals surface area (Å²) < 4.78 is 12.9. The van der Waals surface area contributed by atoms with E-state index in [1.165, 1.54) is 16.4 Å². The lowest BCUT2D eigenvalue weighted by atomic mass is 10.1. The van der Waals surface area contributed by atoms with Crippen molar-refractivity contribution in [2.24, 2.45) is 7.05 Å². The third-order valence-corrected chi connectivity index (χ3v) is 5.90. The van der Waals surface area contributed by atoms with Gasteiger partial charge in [0.25, 0.3) is 5.91 Å². The number of thioether (sulfide) groups is 1. The van der Waals surface area contributed by atoms with Crippen LogP contribution in [0.5, 0.6) is 5.75 Å². The zero-order valence-electron chi connectivity index (χ0n) is 19.2. The molecular formula is C20H23N11O3S. The highest BCUT2D eigenvalue weighted by molar-refractivity contribution is 7.98. The number of nitrogens with zero attached hydrogens (tertiary/aromatic N) is 8. The minimum atomic E-state index is -0.489. The molecule has 0 aliphatic carbocycles. The van der Waals surface area contributed by atoms with E-state index in [9.17, 15) is 4.79 Å². The number of nitrogen functional groups attached to an aromatic ring is 1. The van der Waals surface area contributed by atoms with Gasteiger partial charge in [-0.1, -0.05) is 35.2 Å². The predicted octanol–water partition coefficient (Wildman–Crippen LogP) is 1.04. The first kappa shape index (κ1) is 23.7. The van der Waals surface area contributed by atoms with Crippen molar-refractivity contribution < 1.29 is 14.2 Å². The Labute approximate surface area is 203 Å². The summed E-state index contributed by atoms with van der Waals surface area (Å²) in [6.45, 7) is 1.84. The lowest BCUT2D eigenvalue weighted by Crippen LogP contribution is -2.36. The molecule has 3 aromatic heterocycles. The number of methoxy groups -OCH3 is 1. The first-order valence-corrected chi connectivity index (χ1v) is 11.3. The second-order valence-electron chi connectivity index (χ2n) is 7.30. The van der Waals surface area contributed by atoms with Crippen molar-refractivity contribution in [1.29, 1.82) is 0 Å². The molecule has 4 rings (SSSR count). The number of anilines is 1. The molecule has 1 amide bonds. The molecule has 1 aromatic carbocycles. The molecule has 0 spiro atoms. The SMILES string of the molecule is COc1ccc(C/C=C(/C)NNC(=O)c2nnn(-c3nonc3N)c2CSc2nncn2C)cc1. The predicted molar refractivity (Wildman–Crippen MR) is 125 cm³/mol. The summed E-state index contributed by atoms with van der Waals surface area (Å²) in [6.07, 6.45) is 4.20. The molecule has 14 nitrogen and oxygen atoms in total. The maximum Gasteiger partial charge on any atom is 0.292 e. The number of aromatic nitrogens is 8. The molecular weight excluding hydrogens is 474 g/mol. The van der Waals surface area contributed by atoms with E-state index in [4.69, 9.17) is 10.5 Å². The molecule has 0 saturated carbocycles. The lowest BCUT2D eigenvalue weighted by Gasteiger charge is -2.09. The number of ether oxygens (including phenoxy) is 1. The zero-order valence-corrected chi connectivity index (χ0v) is 20.0. The van der Waals surface area contributed by atoms with Gasteiger partial charge in [-0.2, -0.15) is 4.68 Å². The highest BCUT2D eigenvalue weighted by Gasteiger charge is 2.24. The van der Waals surface area contributed by atoms with Crippen LogP contribution in [0.25, 0.3) is 5.82 Å². The average molecular weight is 498 g/mol. The van der Waals surface area contributed by atoms with Gasteiger partial charge in [0, 0.05) is 18.5 Å². The molecule has 182 valence electrons. The fourth-order valence-corrected chi connectivity index (χ4v) is 3.83. The minimum Gasteiger partial charge on any atom is -0.497 e. The van der Waals surface area contributed by atoms with Gasteiger partial charge in [0.05, 0.1) is 12.8 Å². The van der Waals surface area contributed by atoms with Crippen LogP contribution in [0.1, 0.15) is 28.7 Å². The van der Waals surface area contributed by atoms with Crippen LogP contribution in [0, 0.1) is 0 Å². The third kappa shape index (κ3) is 5.57. The maximum absolute atomic E-state index is 12.9. The molecule has 4 N–H and O–H groups in total. The Morgan fingerprint density at radius 1 is 1.23 bits per heavy atom. The van der Waals surface area contributed by atoms with Crippen molar-refractivity contribution in [3.8, 4) is 11.6 Å². The number of amides is 1. The van der Waals surface area contributed by atoms with Gasteiger partial charge < -0.3 is 20.5 Å². The molecule has 3 heterocycles. The Kier molecular flexibility index (Phi) is 7.25. The topological polar surface area (TPSA) is 177 Å². The first-order valence-electron chi connectivity index (χ1n) is 10.3. The van der Waals surface area contributed by atoms with Crippen LogP contribution in [0.15, 0.2) is 52.2 Å². The van der Waals surface area contributed by atoms with E-state index in [1.807, 2.05) is 44.3 Å². The van der Waals surface area contributed by atoms with Gasteiger partial charge in [-0.15, -0.1) is 15.3 Å². The van der Waals surface area contributed by atoms with E-state index in [-0.39, 0.29) is 23.1 Å². The Hall–Kier alpha value is -4.40. The van der Waals surface area contributed by atoms with E-state index in [1.54, 1.807) is 18.0 Å². The molecule has 0 radical (unpaired) electrons. The molecule has 15 heteroatoms. The van der Waals surface area contributed by atoms with E-state index in [0.29, 0.717) is 17.3 Å². The monoisotopic (exact) mass is 497 g/mol. The Morgan fingerprint density at radius 2 is 2.03 bits per heavy atom. The van der Waals surface area contributed by atoms with E-state index < -0.39 is 5.91 Å². The Balaban J connectivity index is 1.46. The summed E-state index contributed by atoms with van der Waals surface area (Å²) in [5.41, 5.74) is 13.7. The van der Waals surface area contributed by atoms with Gasteiger partial charge in [0.2, 0.25) is 11.6 Å². The van der Waals surface area contributed by atoms with E-state index in [0.717, 1.165) is 17.0 Å². The number of benzene rings is 1. The third-order valence-electron chi connectivity index (χ3n) is 4.86. The molecule has 0 bridgehead atoms. The zero-order chi connectivity index (χ0) is 24.8. The number of allylic oxidation sites excluding steroid dienone is 2. The van der Waals surface area contributed by atoms with Crippen LogP contribution >= 0.6 is 11.8 Å². The largest absolute Gasteiger partial charge is 0.497 e. The van der Waals surface area contributed by atoms with Crippen LogP contribution in [0.2, 0.25) is 0 Å². The van der Waals surface area contributed by atoms with Crippen LogP contribution in [-0.4, -0.2) is 53.1 Å². The smallest absolute Gasteiger partial charge is 0.292 e. The van der Waals surface area contributed by atoms with Crippen molar-refractivity contribution in [2.75, 3.05) is 12.8 Å². The van der Waals surface area contributed by atoms with Crippen LogP contribution < -0.4 is 21.3 Å². The molecule has 0 aliphatic heterocycles. The second-order valence-corrected chi connectivity index (χ2v) is 8.24. The number of hydrogen-bond donors (Lipinski definition) is 3. The van der Waals surface area contributed by atoms with Crippen LogP contribution in [0.3, 0.4) is 0 Å². The van der Waals surface area contributed by atoms with Crippen molar-refractivity contribution in [3.05, 3.63) is 59.3 Å². The number of aryl methyl sites for hydroxylation is 1. The van der Waals surface area contributed by atoms with Gasteiger partial charge >= 0.3 is 0 Å². The number of nitrogens with one attached hydrogen (secondary N) is 2. The van der Waals surface area contributed by atoms with Crippen molar-refractivity contribution >= 4 is 23.5 Å². The number of hydrogen-bond acceptors (Lipinski definition) is 12. The highest BCUT2D eigenvalue weighted by atomic mass is 32.2. The quantitative estimate of drug-likeness (QED) is 0.210. The van der Waals surface area contributed by atoms with E-state index >= 15 is 0 Å². The summed E-state index contributed by atoms with van der Waals surface area (Å²) in [5, 5.41) is 23.9. The molecule has 0 fully saturated rings. The number of carbonyl (C=O) groups is 1. The van der Waals surface area contributed by atoms with E-state index in [2.05, 4.69) is 46.3 Å². The number of nitrogens with two attached hydrogens (primary N) is 1. The molecule has 0 unspecified atom stereocenters. The van der Waals surface area contributed by atoms with Crippen molar-refractivity contribution in [3.63, 3.8) is 0 Å². The minimum absolute atomic E-state index is 0.0159. The first-order chi connectivity index (χ1) is 17.0. The van der Waals surface area contributed by atoms with Crippen LogP contribution in [-0.2, 0) is 19.2 Å². The lowest BCUT2D eigenvalue weighted by molar-refractivity contribution is 0.0933. The standard InChI is InChI=1S/C20H23N11O3S/c1-12(4-5-13-6-8-14(33-3)9-7-13)23-25-19(32)16-15(10-35-20-26-22-11-30(20)2)31(29-24-16)18-17(21)27-34-28-18/h4,6-9,11,23H,5,10H2,1-3H3,(H2,21,27)(H,25,32)/b12-4-.